The van der Waals surface area contributed by atoms with Crippen LogP contribution in [0.15, 0.2) is 119 Å². The lowest BCUT2D eigenvalue weighted by Gasteiger charge is -2.15. The van der Waals surface area contributed by atoms with Crippen LogP contribution in [0.3, 0.4) is 0 Å². The van der Waals surface area contributed by atoms with E-state index in [9.17, 15) is 24.5 Å². The maximum atomic E-state index is 13.6. The Morgan fingerprint density at radius 1 is 0.959 bits per heavy atom. The summed E-state index contributed by atoms with van der Waals surface area (Å²) in [4.78, 5) is 56.2. The first-order chi connectivity index (χ1) is 23.7. The van der Waals surface area contributed by atoms with Crippen LogP contribution in [-0.4, -0.2) is 40.0 Å². The summed E-state index contributed by atoms with van der Waals surface area (Å²) in [5.41, 5.74) is 2.07. The number of amides is 3. The van der Waals surface area contributed by atoms with Crippen LogP contribution in [0.1, 0.15) is 29.3 Å². The molecule has 3 amide bonds. The van der Waals surface area contributed by atoms with Crippen LogP contribution in [0.2, 0.25) is 0 Å². The van der Waals surface area contributed by atoms with Crippen molar-refractivity contribution in [2.75, 3.05) is 17.7 Å². The number of nitrogens with one attached hydrogen (secondary N) is 3. The van der Waals surface area contributed by atoms with Gasteiger partial charge >= 0.3 is 0 Å². The summed E-state index contributed by atoms with van der Waals surface area (Å²) in [5, 5.41) is 21.8. The molecule has 0 aliphatic carbocycles. The lowest BCUT2D eigenvalue weighted by atomic mass is 10.1. The number of hydrogen-bond donors (Lipinski definition) is 3. The van der Waals surface area contributed by atoms with E-state index in [2.05, 4.69) is 20.9 Å². The Balaban J connectivity index is 1.29. The number of carbonyl (C=O) groups is 3. The molecule has 0 saturated carbocycles. The SMILES string of the molecule is CCC(Sc1cccc(NC(=O)/C(=C\c2ccccc2[N+](=O)[O-])NC(=O)c2ccccc2)c1)C(=O)Nc1nc(-c2ccc(OC)cc2)cs1. The van der Waals surface area contributed by atoms with Crippen molar-refractivity contribution >= 4 is 63.4 Å². The second-order valence-corrected chi connectivity index (χ2v) is 12.6. The van der Waals surface area contributed by atoms with E-state index in [1.54, 1.807) is 61.7 Å². The smallest absolute Gasteiger partial charge is 0.276 e. The fourth-order valence-electron chi connectivity index (χ4n) is 4.62. The van der Waals surface area contributed by atoms with E-state index >= 15 is 0 Å². The molecule has 3 N–H and O–H groups in total. The highest BCUT2D eigenvalue weighted by atomic mass is 32.2. The molecule has 13 heteroatoms. The number of para-hydroxylation sites is 1. The lowest BCUT2D eigenvalue weighted by Crippen LogP contribution is -2.30. The topological polar surface area (TPSA) is 153 Å². The highest BCUT2D eigenvalue weighted by molar-refractivity contribution is 8.00. The Hall–Kier alpha value is -5.79. The second kappa shape index (κ2) is 16.4. The molecule has 4 aromatic carbocycles. The number of thiazole rings is 1. The molecule has 0 saturated heterocycles. The predicted molar refractivity (Wildman–Crippen MR) is 193 cm³/mol. The van der Waals surface area contributed by atoms with Crippen molar-refractivity contribution in [1.82, 2.24) is 10.3 Å². The Morgan fingerprint density at radius 2 is 1.69 bits per heavy atom. The average molecular weight is 694 g/mol. The number of hydrogen-bond acceptors (Lipinski definition) is 9. The molecular formula is C36H31N5O6S2. The van der Waals surface area contributed by atoms with Gasteiger partial charge in [0.15, 0.2) is 5.13 Å². The monoisotopic (exact) mass is 693 g/mol. The van der Waals surface area contributed by atoms with Gasteiger partial charge in [-0.3, -0.25) is 24.5 Å². The minimum Gasteiger partial charge on any atom is -0.497 e. The van der Waals surface area contributed by atoms with Gasteiger partial charge in [-0.05, 0) is 73.2 Å². The number of nitro groups is 1. The van der Waals surface area contributed by atoms with E-state index in [-0.39, 0.29) is 22.9 Å². The van der Waals surface area contributed by atoms with Crippen LogP contribution in [-0.2, 0) is 9.59 Å². The molecule has 248 valence electrons. The van der Waals surface area contributed by atoms with Crippen molar-refractivity contribution in [3.8, 4) is 17.0 Å². The maximum Gasteiger partial charge on any atom is 0.276 e. The third kappa shape index (κ3) is 9.18. The first-order valence-corrected chi connectivity index (χ1v) is 16.8. The average Bonchev–Trinajstić information content (AvgIpc) is 3.59. The number of ether oxygens (including phenoxy) is 1. The standard InChI is InChI=1S/C36H31N5O6S2/c1-3-32(35(44)40-36-39-30(22-48-36)23-16-18-27(47-2)19-17-23)49-28-14-9-13-26(21-28)37-34(43)29(38-33(42)24-10-5-4-6-11-24)20-25-12-7-8-15-31(25)41(45)46/h4-22,32H,3H2,1-2H3,(H,37,43)(H,38,42)(H,39,40,44)/b29-20+. The highest BCUT2D eigenvalue weighted by Gasteiger charge is 2.21. The van der Waals surface area contributed by atoms with Crippen molar-refractivity contribution in [2.24, 2.45) is 0 Å². The summed E-state index contributed by atoms with van der Waals surface area (Å²) in [6, 6.07) is 28.6. The molecule has 0 fully saturated rings. The number of carbonyl (C=O) groups excluding carboxylic acids is 3. The normalized spacial score (nSPS) is 11.7. The van der Waals surface area contributed by atoms with Gasteiger partial charge in [0.25, 0.3) is 17.5 Å². The minimum absolute atomic E-state index is 0.142. The highest BCUT2D eigenvalue weighted by Crippen LogP contribution is 2.31. The van der Waals surface area contributed by atoms with Crippen molar-refractivity contribution in [3.63, 3.8) is 0 Å². The molecule has 5 aromatic rings. The minimum atomic E-state index is -0.689. The fraction of sp³-hybridized carbons (Fsp3) is 0.111. The maximum absolute atomic E-state index is 13.6. The molecule has 11 nitrogen and oxygen atoms in total. The zero-order valence-corrected chi connectivity index (χ0v) is 28.0. The number of rotatable bonds is 13. The summed E-state index contributed by atoms with van der Waals surface area (Å²) < 4.78 is 5.21. The summed E-state index contributed by atoms with van der Waals surface area (Å²) in [6.07, 6.45) is 1.79. The molecular weight excluding hydrogens is 663 g/mol. The van der Waals surface area contributed by atoms with Crippen molar-refractivity contribution in [2.45, 2.75) is 23.5 Å². The Bertz CT molecular complexity index is 2000. The van der Waals surface area contributed by atoms with E-state index in [0.29, 0.717) is 22.8 Å². The van der Waals surface area contributed by atoms with Gasteiger partial charge in [-0.1, -0.05) is 43.3 Å². The first kappa shape index (κ1) is 34.5. The van der Waals surface area contributed by atoms with Gasteiger partial charge in [0, 0.05) is 33.2 Å². The van der Waals surface area contributed by atoms with Gasteiger partial charge in [0.2, 0.25) is 5.91 Å². The van der Waals surface area contributed by atoms with E-state index in [1.807, 2.05) is 42.6 Å². The van der Waals surface area contributed by atoms with Crippen molar-refractivity contribution in [1.29, 1.82) is 0 Å². The van der Waals surface area contributed by atoms with Crippen LogP contribution in [0, 0.1) is 10.1 Å². The summed E-state index contributed by atoms with van der Waals surface area (Å²) >= 11 is 2.66. The molecule has 0 bridgehead atoms. The zero-order chi connectivity index (χ0) is 34.8. The van der Waals surface area contributed by atoms with Crippen LogP contribution >= 0.6 is 23.1 Å². The number of aromatic nitrogens is 1. The third-order valence-corrected chi connectivity index (χ3v) is 9.23. The number of anilines is 2. The van der Waals surface area contributed by atoms with Gasteiger partial charge in [-0.2, -0.15) is 0 Å². The van der Waals surface area contributed by atoms with Gasteiger partial charge in [0.05, 0.1) is 28.5 Å². The zero-order valence-electron chi connectivity index (χ0n) is 26.4. The van der Waals surface area contributed by atoms with E-state index < -0.39 is 22.0 Å². The number of nitrogens with zero attached hydrogens (tertiary/aromatic N) is 2. The summed E-state index contributed by atoms with van der Waals surface area (Å²) in [5.74, 6) is -0.719. The summed E-state index contributed by atoms with van der Waals surface area (Å²) in [7, 11) is 1.60. The Labute approximate surface area is 290 Å². The fourth-order valence-corrected chi connectivity index (χ4v) is 6.35. The molecule has 1 atom stereocenters. The van der Waals surface area contributed by atoms with E-state index in [4.69, 9.17) is 4.74 Å². The molecule has 1 aromatic heterocycles. The van der Waals surface area contributed by atoms with Gasteiger partial charge < -0.3 is 20.7 Å². The largest absolute Gasteiger partial charge is 0.497 e. The van der Waals surface area contributed by atoms with Crippen molar-refractivity contribution < 1.29 is 24.0 Å². The Morgan fingerprint density at radius 3 is 2.41 bits per heavy atom. The van der Waals surface area contributed by atoms with Crippen LogP contribution in [0.25, 0.3) is 17.3 Å². The molecule has 5 rings (SSSR count). The van der Waals surface area contributed by atoms with Crippen LogP contribution in [0.4, 0.5) is 16.5 Å². The van der Waals surface area contributed by atoms with E-state index in [0.717, 1.165) is 21.9 Å². The summed E-state index contributed by atoms with van der Waals surface area (Å²) in [6.45, 7) is 1.91. The number of methoxy groups -OCH3 is 1. The number of nitro benzene ring substituents is 1. The predicted octanol–water partition coefficient (Wildman–Crippen LogP) is 7.65. The Kier molecular flexibility index (Phi) is 11.5. The molecule has 1 unspecified atom stereocenters. The van der Waals surface area contributed by atoms with Gasteiger partial charge in [-0.15, -0.1) is 23.1 Å². The molecule has 1 heterocycles. The molecule has 49 heavy (non-hydrogen) atoms. The molecule has 0 spiro atoms. The van der Waals surface area contributed by atoms with Gasteiger partial charge in [0.1, 0.15) is 11.4 Å². The first-order valence-electron chi connectivity index (χ1n) is 15.0. The molecule has 0 aliphatic rings. The second-order valence-electron chi connectivity index (χ2n) is 10.4. The van der Waals surface area contributed by atoms with Gasteiger partial charge in [-0.25, -0.2) is 4.98 Å². The number of benzene rings is 4. The molecule has 0 aliphatic heterocycles. The van der Waals surface area contributed by atoms with Crippen LogP contribution < -0.4 is 20.7 Å². The van der Waals surface area contributed by atoms with E-state index in [1.165, 1.54) is 47.4 Å². The lowest BCUT2D eigenvalue weighted by molar-refractivity contribution is -0.385. The third-order valence-electron chi connectivity index (χ3n) is 7.12. The quantitative estimate of drug-likeness (QED) is 0.0492. The number of thioether (sulfide) groups is 1. The molecule has 0 radical (unpaired) electrons. The van der Waals surface area contributed by atoms with Crippen LogP contribution in [0.5, 0.6) is 5.75 Å². The van der Waals surface area contributed by atoms with Crippen molar-refractivity contribution in [3.05, 3.63) is 135 Å².